The first kappa shape index (κ1) is 18.7. The Kier molecular flexibility index (Phi) is 9.56. The summed E-state index contributed by atoms with van der Waals surface area (Å²) >= 11 is 0. The Morgan fingerprint density at radius 1 is 1.05 bits per heavy atom. The molecule has 1 atom stereocenters. The zero-order valence-corrected chi connectivity index (χ0v) is 14.1. The van der Waals surface area contributed by atoms with Crippen LogP contribution in [-0.2, 0) is 22.4 Å². The van der Waals surface area contributed by atoms with Crippen molar-refractivity contribution in [2.24, 2.45) is 5.73 Å². The Balaban J connectivity index is 2.43. The predicted octanol–water partition coefficient (Wildman–Crippen LogP) is 4.02. The van der Waals surface area contributed by atoms with Gasteiger partial charge in [0, 0.05) is 0 Å². The van der Waals surface area contributed by atoms with Crippen LogP contribution in [0.5, 0.6) is 0 Å². The van der Waals surface area contributed by atoms with Gasteiger partial charge in [0.1, 0.15) is 6.04 Å². The van der Waals surface area contributed by atoms with Crippen molar-refractivity contribution in [1.29, 1.82) is 0 Å². The molecule has 0 aliphatic heterocycles. The SMILES string of the molecule is CCCCCCOC(=O)[C@@H](N)Cc1ccccc1CCCC. The van der Waals surface area contributed by atoms with E-state index >= 15 is 0 Å². The number of hydrogen-bond acceptors (Lipinski definition) is 3. The topological polar surface area (TPSA) is 52.3 Å². The molecule has 22 heavy (non-hydrogen) atoms. The third-order valence-electron chi connectivity index (χ3n) is 3.90. The maximum Gasteiger partial charge on any atom is 0.323 e. The Labute approximate surface area is 135 Å². The molecule has 0 aliphatic rings. The Hall–Kier alpha value is -1.35. The molecule has 0 aromatic heterocycles. The molecule has 0 radical (unpaired) electrons. The van der Waals surface area contributed by atoms with Crippen molar-refractivity contribution in [2.45, 2.75) is 71.3 Å². The molecule has 124 valence electrons. The van der Waals surface area contributed by atoms with Gasteiger partial charge in [-0.3, -0.25) is 4.79 Å². The fourth-order valence-electron chi connectivity index (χ4n) is 2.50. The third-order valence-corrected chi connectivity index (χ3v) is 3.90. The summed E-state index contributed by atoms with van der Waals surface area (Å²) in [5, 5.41) is 0. The number of ether oxygens (including phenoxy) is 1. The first-order valence-corrected chi connectivity index (χ1v) is 8.68. The van der Waals surface area contributed by atoms with Gasteiger partial charge < -0.3 is 10.5 Å². The van der Waals surface area contributed by atoms with Crippen LogP contribution in [0.4, 0.5) is 0 Å². The average molecular weight is 305 g/mol. The van der Waals surface area contributed by atoms with Gasteiger partial charge in [0.15, 0.2) is 0 Å². The smallest absolute Gasteiger partial charge is 0.323 e. The van der Waals surface area contributed by atoms with Gasteiger partial charge in [-0.1, -0.05) is 63.8 Å². The molecule has 0 unspecified atom stereocenters. The van der Waals surface area contributed by atoms with Crippen molar-refractivity contribution in [3.8, 4) is 0 Å². The van der Waals surface area contributed by atoms with Crippen LogP contribution in [0.1, 0.15) is 63.5 Å². The summed E-state index contributed by atoms with van der Waals surface area (Å²) in [5.74, 6) is -0.276. The maximum atomic E-state index is 12.0. The zero-order valence-electron chi connectivity index (χ0n) is 14.1. The van der Waals surface area contributed by atoms with E-state index in [4.69, 9.17) is 10.5 Å². The predicted molar refractivity (Wildman–Crippen MR) is 91.8 cm³/mol. The quantitative estimate of drug-likeness (QED) is 0.496. The second kappa shape index (κ2) is 11.2. The molecular weight excluding hydrogens is 274 g/mol. The van der Waals surface area contributed by atoms with Crippen LogP contribution in [-0.4, -0.2) is 18.6 Å². The van der Waals surface area contributed by atoms with Crippen LogP contribution < -0.4 is 5.73 Å². The summed E-state index contributed by atoms with van der Waals surface area (Å²) in [7, 11) is 0. The van der Waals surface area contributed by atoms with E-state index < -0.39 is 6.04 Å². The van der Waals surface area contributed by atoms with Gasteiger partial charge in [-0.15, -0.1) is 0 Å². The van der Waals surface area contributed by atoms with Crippen molar-refractivity contribution in [3.63, 3.8) is 0 Å². The number of carbonyl (C=O) groups is 1. The van der Waals surface area contributed by atoms with E-state index in [0.29, 0.717) is 13.0 Å². The molecule has 2 N–H and O–H groups in total. The normalized spacial score (nSPS) is 12.1. The van der Waals surface area contributed by atoms with Gasteiger partial charge in [-0.05, 0) is 36.8 Å². The average Bonchev–Trinajstić information content (AvgIpc) is 2.53. The van der Waals surface area contributed by atoms with E-state index in [0.717, 1.165) is 25.7 Å². The number of hydrogen-bond donors (Lipinski definition) is 1. The van der Waals surface area contributed by atoms with Gasteiger partial charge in [-0.2, -0.15) is 0 Å². The molecule has 3 nitrogen and oxygen atoms in total. The highest BCUT2D eigenvalue weighted by Crippen LogP contribution is 2.14. The molecule has 0 amide bonds. The van der Waals surface area contributed by atoms with Crippen molar-refractivity contribution in [2.75, 3.05) is 6.61 Å². The fraction of sp³-hybridized carbons (Fsp3) is 0.632. The lowest BCUT2D eigenvalue weighted by Gasteiger charge is -2.14. The number of rotatable bonds is 11. The Bertz CT molecular complexity index is 431. The van der Waals surface area contributed by atoms with E-state index in [1.807, 2.05) is 12.1 Å². The molecule has 1 aromatic rings. The molecule has 0 aliphatic carbocycles. The third kappa shape index (κ3) is 7.08. The minimum atomic E-state index is -0.561. The van der Waals surface area contributed by atoms with Crippen LogP contribution in [0.15, 0.2) is 24.3 Å². The van der Waals surface area contributed by atoms with Crippen LogP contribution in [0, 0.1) is 0 Å². The summed E-state index contributed by atoms with van der Waals surface area (Å²) in [6.07, 6.45) is 8.35. The highest BCUT2D eigenvalue weighted by molar-refractivity contribution is 5.76. The number of esters is 1. The van der Waals surface area contributed by atoms with Gasteiger partial charge in [0.05, 0.1) is 6.61 Å². The van der Waals surface area contributed by atoms with Crippen molar-refractivity contribution >= 4 is 5.97 Å². The minimum Gasteiger partial charge on any atom is -0.465 e. The highest BCUT2D eigenvalue weighted by Gasteiger charge is 2.16. The fourth-order valence-corrected chi connectivity index (χ4v) is 2.50. The lowest BCUT2D eigenvalue weighted by atomic mass is 9.97. The van der Waals surface area contributed by atoms with Crippen LogP contribution >= 0.6 is 0 Å². The molecule has 0 spiro atoms. The summed E-state index contributed by atoms with van der Waals surface area (Å²) in [6, 6.07) is 7.70. The molecule has 0 fully saturated rings. The number of unbranched alkanes of at least 4 members (excludes halogenated alkanes) is 4. The molecule has 0 bridgehead atoms. The largest absolute Gasteiger partial charge is 0.465 e. The Morgan fingerprint density at radius 3 is 2.41 bits per heavy atom. The van der Waals surface area contributed by atoms with Crippen molar-refractivity contribution < 1.29 is 9.53 Å². The summed E-state index contributed by atoms with van der Waals surface area (Å²) in [5.41, 5.74) is 8.49. The lowest BCUT2D eigenvalue weighted by Crippen LogP contribution is -2.34. The van der Waals surface area contributed by atoms with Crippen LogP contribution in [0.25, 0.3) is 0 Å². The van der Waals surface area contributed by atoms with Crippen LogP contribution in [0.3, 0.4) is 0 Å². The van der Waals surface area contributed by atoms with E-state index in [9.17, 15) is 4.79 Å². The van der Waals surface area contributed by atoms with Crippen molar-refractivity contribution in [1.82, 2.24) is 0 Å². The van der Waals surface area contributed by atoms with E-state index in [2.05, 4.69) is 26.0 Å². The van der Waals surface area contributed by atoms with Gasteiger partial charge in [0.2, 0.25) is 0 Å². The van der Waals surface area contributed by atoms with Crippen LogP contribution in [0.2, 0.25) is 0 Å². The molecule has 0 saturated carbocycles. The second-order valence-electron chi connectivity index (χ2n) is 5.91. The highest BCUT2D eigenvalue weighted by atomic mass is 16.5. The molecule has 0 saturated heterocycles. The van der Waals surface area contributed by atoms with Gasteiger partial charge in [0.25, 0.3) is 0 Å². The van der Waals surface area contributed by atoms with Crippen molar-refractivity contribution in [3.05, 3.63) is 35.4 Å². The Morgan fingerprint density at radius 2 is 1.73 bits per heavy atom. The minimum absolute atomic E-state index is 0.276. The summed E-state index contributed by atoms with van der Waals surface area (Å²) in [6.45, 7) is 4.84. The standard InChI is InChI=1S/C19H31NO2/c1-3-5-7-10-14-22-19(21)18(20)15-17-13-9-8-12-16(17)11-6-4-2/h8-9,12-13,18H,3-7,10-11,14-15,20H2,1-2H3/t18-/m0/s1. The monoisotopic (exact) mass is 305 g/mol. The van der Waals surface area contributed by atoms with Gasteiger partial charge in [-0.25, -0.2) is 0 Å². The lowest BCUT2D eigenvalue weighted by molar-refractivity contribution is -0.145. The second-order valence-corrected chi connectivity index (χ2v) is 5.91. The number of benzene rings is 1. The molecule has 0 heterocycles. The summed E-state index contributed by atoms with van der Waals surface area (Å²) < 4.78 is 5.28. The first-order chi connectivity index (χ1) is 10.7. The first-order valence-electron chi connectivity index (χ1n) is 8.68. The van der Waals surface area contributed by atoms with E-state index in [-0.39, 0.29) is 5.97 Å². The van der Waals surface area contributed by atoms with E-state index in [1.165, 1.54) is 30.4 Å². The number of aryl methyl sites for hydroxylation is 1. The number of nitrogens with two attached hydrogens (primary N) is 1. The van der Waals surface area contributed by atoms with Gasteiger partial charge >= 0.3 is 5.97 Å². The molecule has 3 heteroatoms. The maximum absolute atomic E-state index is 12.0. The van der Waals surface area contributed by atoms with E-state index in [1.54, 1.807) is 0 Å². The zero-order chi connectivity index (χ0) is 16.2. The molecular formula is C19H31NO2. The number of carbonyl (C=O) groups excluding carboxylic acids is 1. The molecule has 1 aromatic carbocycles. The molecule has 1 rings (SSSR count). The summed E-state index contributed by atoms with van der Waals surface area (Å²) in [4.78, 5) is 12.0.